The Bertz CT molecular complexity index is 517. The second kappa shape index (κ2) is 6.62. The quantitative estimate of drug-likeness (QED) is 0.797. The number of rotatable bonds is 1. The molecule has 0 saturated carbocycles. The van der Waals surface area contributed by atoms with Crippen LogP contribution in [0.15, 0.2) is 24.3 Å². The van der Waals surface area contributed by atoms with Gasteiger partial charge in [-0.05, 0) is 24.6 Å². The molecule has 5 nitrogen and oxygen atoms in total. The van der Waals surface area contributed by atoms with Gasteiger partial charge < -0.3 is 19.3 Å². The predicted molar refractivity (Wildman–Crippen MR) is 79.0 cm³/mol. The van der Waals surface area contributed by atoms with E-state index in [-0.39, 0.29) is 24.1 Å². The average Bonchev–Trinajstić information content (AvgIpc) is 2.55. The van der Waals surface area contributed by atoms with E-state index >= 15 is 0 Å². The maximum absolute atomic E-state index is 13.1. The molecule has 2 aliphatic rings. The van der Waals surface area contributed by atoms with Crippen LogP contribution in [0, 0.1) is 5.82 Å². The number of carbonyl (C=O) groups is 1. The Morgan fingerprint density at radius 2 is 1.82 bits per heavy atom. The van der Waals surface area contributed by atoms with E-state index in [0.29, 0.717) is 39.4 Å². The fourth-order valence-electron chi connectivity index (χ4n) is 2.92. The van der Waals surface area contributed by atoms with Gasteiger partial charge in [-0.15, -0.1) is 0 Å². The lowest BCUT2D eigenvalue weighted by Gasteiger charge is -2.40. The molecule has 1 aromatic carbocycles. The number of hydrogen-bond acceptors (Lipinski definition) is 3. The van der Waals surface area contributed by atoms with Crippen LogP contribution in [0.3, 0.4) is 0 Å². The van der Waals surface area contributed by atoms with Crippen LogP contribution in [-0.4, -0.2) is 61.3 Å². The number of morpholine rings is 2. The van der Waals surface area contributed by atoms with E-state index in [9.17, 15) is 9.18 Å². The summed E-state index contributed by atoms with van der Waals surface area (Å²) < 4.78 is 24.3. The lowest BCUT2D eigenvalue weighted by Crippen LogP contribution is -2.53. The maximum Gasteiger partial charge on any atom is 0.320 e. The van der Waals surface area contributed by atoms with Gasteiger partial charge in [0.25, 0.3) is 0 Å². The van der Waals surface area contributed by atoms with Gasteiger partial charge in [-0.2, -0.15) is 0 Å². The van der Waals surface area contributed by atoms with E-state index in [0.717, 1.165) is 5.56 Å². The van der Waals surface area contributed by atoms with E-state index in [4.69, 9.17) is 9.47 Å². The molecule has 2 fully saturated rings. The van der Waals surface area contributed by atoms with Crippen LogP contribution in [0.4, 0.5) is 9.18 Å². The van der Waals surface area contributed by atoms with Gasteiger partial charge in [0, 0.05) is 19.6 Å². The molecule has 0 aliphatic carbocycles. The molecule has 2 atom stereocenters. The molecule has 2 saturated heterocycles. The van der Waals surface area contributed by atoms with Gasteiger partial charge in [0.2, 0.25) is 0 Å². The van der Waals surface area contributed by atoms with Gasteiger partial charge in [0.15, 0.2) is 0 Å². The first-order valence-electron chi connectivity index (χ1n) is 7.66. The number of halogens is 1. The Balaban J connectivity index is 1.70. The molecule has 1 aromatic rings. The Morgan fingerprint density at radius 3 is 2.50 bits per heavy atom. The number of ether oxygens (including phenoxy) is 2. The molecule has 3 rings (SSSR count). The van der Waals surface area contributed by atoms with Crippen molar-refractivity contribution >= 4 is 6.03 Å². The van der Waals surface area contributed by atoms with Gasteiger partial charge >= 0.3 is 6.03 Å². The summed E-state index contributed by atoms with van der Waals surface area (Å²) in [5.74, 6) is -0.270. The smallest absolute Gasteiger partial charge is 0.320 e. The van der Waals surface area contributed by atoms with Crippen molar-refractivity contribution in [3.63, 3.8) is 0 Å². The van der Waals surface area contributed by atoms with E-state index in [1.54, 1.807) is 12.1 Å². The third-order valence-corrected chi connectivity index (χ3v) is 4.05. The molecular weight excluding hydrogens is 287 g/mol. The monoisotopic (exact) mass is 308 g/mol. The first kappa shape index (κ1) is 15.2. The maximum atomic E-state index is 13.1. The van der Waals surface area contributed by atoms with Gasteiger partial charge in [-0.25, -0.2) is 9.18 Å². The second-order valence-corrected chi connectivity index (χ2v) is 5.77. The number of urea groups is 1. The summed E-state index contributed by atoms with van der Waals surface area (Å²) in [4.78, 5) is 16.3. The number of nitrogens with zero attached hydrogens (tertiary/aromatic N) is 2. The van der Waals surface area contributed by atoms with Crippen molar-refractivity contribution in [1.82, 2.24) is 9.80 Å². The number of hydrogen-bond donors (Lipinski definition) is 0. The fourth-order valence-corrected chi connectivity index (χ4v) is 2.92. The van der Waals surface area contributed by atoms with E-state index in [1.807, 2.05) is 16.7 Å². The van der Waals surface area contributed by atoms with Crippen molar-refractivity contribution in [2.45, 2.75) is 19.1 Å². The van der Waals surface area contributed by atoms with Crippen molar-refractivity contribution in [2.24, 2.45) is 0 Å². The molecule has 0 bridgehead atoms. The molecule has 0 spiro atoms. The minimum Gasteiger partial charge on any atom is -0.378 e. The van der Waals surface area contributed by atoms with Crippen LogP contribution in [0.25, 0.3) is 0 Å². The van der Waals surface area contributed by atoms with Crippen molar-refractivity contribution in [2.75, 3.05) is 39.4 Å². The first-order valence-corrected chi connectivity index (χ1v) is 7.66. The van der Waals surface area contributed by atoms with E-state index in [1.165, 1.54) is 12.1 Å². The minimum atomic E-state index is -0.270. The highest BCUT2D eigenvalue weighted by molar-refractivity contribution is 5.74. The van der Waals surface area contributed by atoms with Crippen LogP contribution >= 0.6 is 0 Å². The lowest BCUT2D eigenvalue weighted by atomic mass is 10.1. The summed E-state index contributed by atoms with van der Waals surface area (Å²) in [6.07, 6.45) is -0.261. The third kappa shape index (κ3) is 3.39. The molecule has 6 heteroatoms. The highest BCUT2D eigenvalue weighted by Crippen LogP contribution is 2.26. The molecule has 0 N–H and O–H groups in total. The van der Waals surface area contributed by atoms with Gasteiger partial charge in [-0.1, -0.05) is 12.1 Å². The van der Waals surface area contributed by atoms with Crippen LogP contribution in [0.5, 0.6) is 0 Å². The van der Waals surface area contributed by atoms with Gasteiger partial charge in [0.05, 0.1) is 25.9 Å². The Morgan fingerprint density at radius 1 is 1.14 bits per heavy atom. The summed E-state index contributed by atoms with van der Waals surface area (Å²) in [5.41, 5.74) is 0.896. The van der Waals surface area contributed by atoms with Crippen molar-refractivity contribution in [3.8, 4) is 0 Å². The zero-order valence-electron chi connectivity index (χ0n) is 12.7. The van der Waals surface area contributed by atoms with Crippen LogP contribution in [0.1, 0.15) is 18.6 Å². The van der Waals surface area contributed by atoms with Crippen LogP contribution in [0.2, 0.25) is 0 Å². The van der Waals surface area contributed by atoms with Crippen molar-refractivity contribution < 1.29 is 18.7 Å². The Labute approximate surface area is 129 Å². The predicted octanol–water partition coefficient (Wildman–Crippen LogP) is 2.04. The zero-order chi connectivity index (χ0) is 15.5. The molecule has 22 heavy (non-hydrogen) atoms. The van der Waals surface area contributed by atoms with Crippen molar-refractivity contribution in [3.05, 3.63) is 35.6 Å². The van der Waals surface area contributed by atoms with Gasteiger partial charge in [0.1, 0.15) is 11.9 Å². The summed E-state index contributed by atoms with van der Waals surface area (Å²) in [7, 11) is 0. The minimum absolute atomic E-state index is 0.0329. The number of amides is 2. The molecule has 0 radical (unpaired) electrons. The highest BCUT2D eigenvalue weighted by atomic mass is 19.1. The van der Waals surface area contributed by atoms with E-state index < -0.39 is 0 Å². The number of benzene rings is 1. The third-order valence-electron chi connectivity index (χ3n) is 4.05. The summed E-state index contributed by atoms with van der Waals surface area (Å²) >= 11 is 0. The van der Waals surface area contributed by atoms with Crippen LogP contribution in [-0.2, 0) is 9.47 Å². The summed E-state index contributed by atoms with van der Waals surface area (Å²) in [5, 5.41) is 0. The molecule has 2 heterocycles. The summed E-state index contributed by atoms with van der Waals surface area (Å²) in [6.45, 7) is 5.47. The van der Waals surface area contributed by atoms with Crippen LogP contribution < -0.4 is 0 Å². The molecule has 2 unspecified atom stereocenters. The molecule has 2 aliphatic heterocycles. The normalized spacial score (nSPS) is 26.1. The Hall–Kier alpha value is -1.66. The molecular formula is C16H21FN2O3. The Kier molecular flexibility index (Phi) is 4.59. The van der Waals surface area contributed by atoms with Gasteiger partial charge in [-0.3, -0.25) is 0 Å². The molecule has 0 aromatic heterocycles. The second-order valence-electron chi connectivity index (χ2n) is 5.77. The standard InChI is InChI=1S/C16H21FN2O3/c1-12-10-19(16(20)18-6-8-21-9-7-18)11-15(22-12)13-2-4-14(17)5-3-13/h2-5,12,15H,6-11H2,1H3. The fraction of sp³-hybridized carbons (Fsp3) is 0.562. The highest BCUT2D eigenvalue weighted by Gasteiger charge is 2.32. The van der Waals surface area contributed by atoms with E-state index in [2.05, 4.69) is 0 Å². The first-order chi connectivity index (χ1) is 10.6. The zero-order valence-corrected chi connectivity index (χ0v) is 12.7. The lowest BCUT2D eigenvalue weighted by molar-refractivity contribution is -0.0714. The average molecular weight is 308 g/mol. The summed E-state index contributed by atoms with van der Waals surface area (Å²) in [6, 6.07) is 6.31. The largest absolute Gasteiger partial charge is 0.378 e. The number of carbonyl (C=O) groups excluding carboxylic acids is 1. The topological polar surface area (TPSA) is 42.0 Å². The van der Waals surface area contributed by atoms with Crippen molar-refractivity contribution in [1.29, 1.82) is 0 Å². The molecule has 120 valence electrons. The SMILES string of the molecule is CC1CN(C(=O)N2CCOCC2)CC(c2ccc(F)cc2)O1. The molecule has 2 amide bonds.